The molecule has 2 rings (SSSR count). The van der Waals surface area contributed by atoms with Crippen LogP contribution in [0.3, 0.4) is 0 Å². The molecule has 0 spiro atoms. The second-order valence-electron chi connectivity index (χ2n) is 6.22. The van der Waals surface area contributed by atoms with Crippen LogP contribution in [0, 0.1) is 5.82 Å². The van der Waals surface area contributed by atoms with Gasteiger partial charge in [0.15, 0.2) is 0 Å². The normalized spacial score (nSPS) is 14.0. The predicted octanol–water partition coefficient (Wildman–Crippen LogP) is 3.95. The Bertz CT molecular complexity index is 641. The topological polar surface area (TPSA) is 49.4 Å². The molecule has 0 aromatic heterocycles. The van der Waals surface area contributed by atoms with Gasteiger partial charge in [-0.05, 0) is 44.2 Å². The van der Waals surface area contributed by atoms with E-state index in [1.54, 1.807) is 4.90 Å². The summed E-state index contributed by atoms with van der Waals surface area (Å²) in [6, 6.07) is 4.12. The van der Waals surface area contributed by atoms with Gasteiger partial charge in [0.25, 0.3) is 5.91 Å². The molecule has 1 N–H and O–H groups in total. The Morgan fingerprint density at radius 3 is 2.72 bits per heavy atom. The first-order chi connectivity index (χ1) is 12.0. The molecule has 1 aliphatic carbocycles. The predicted molar refractivity (Wildman–Crippen MR) is 97.2 cm³/mol. The van der Waals surface area contributed by atoms with Crippen molar-refractivity contribution in [1.82, 2.24) is 10.2 Å². The van der Waals surface area contributed by atoms with Crippen LogP contribution in [0.4, 0.5) is 4.39 Å². The van der Waals surface area contributed by atoms with Gasteiger partial charge in [-0.25, -0.2) is 4.39 Å². The molecule has 0 unspecified atom stereocenters. The molecular weight excluding hydrogens is 343 g/mol. The van der Waals surface area contributed by atoms with E-state index < -0.39 is 11.7 Å². The van der Waals surface area contributed by atoms with Gasteiger partial charge in [0.1, 0.15) is 5.82 Å². The highest BCUT2D eigenvalue weighted by atomic mass is 35.5. The minimum atomic E-state index is -0.655. The summed E-state index contributed by atoms with van der Waals surface area (Å²) in [5.41, 5.74) is 1.24. The standard InChI is InChI=1S/C19H24ClFN2O2/c1-14(24)23(12-10-15-6-3-2-4-7-15)13-11-22-19(25)18-16(20)8-5-9-17(18)21/h5-6,8-9H,2-4,7,10-13H2,1H3,(H,22,25). The third-order valence-corrected chi connectivity index (χ3v) is 4.71. The summed E-state index contributed by atoms with van der Waals surface area (Å²) in [5.74, 6) is -1.26. The Morgan fingerprint density at radius 1 is 1.28 bits per heavy atom. The van der Waals surface area contributed by atoms with E-state index in [1.165, 1.54) is 43.5 Å². The number of benzene rings is 1. The minimum Gasteiger partial charge on any atom is -0.350 e. The molecule has 2 amide bonds. The number of carbonyl (C=O) groups excluding carboxylic acids is 2. The quantitative estimate of drug-likeness (QED) is 0.743. The lowest BCUT2D eigenvalue weighted by molar-refractivity contribution is -0.128. The Hall–Kier alpha value is -1.88. The minimum absolute atomic E-state index is 0.0328. The molecule has 1 aliphatic rings. The van der Waals surface area contributed by atoms with E-state index in [0.717, 1.165) is 19.3 Å². The van der Waals surface area contributed by atoms with Crippen LogP contribution in [-0.2, 0) is 4.79 Å². The fourth-order valence-corrected chi connectivity index (χ4v) is 3.19. The van der Waals surface area contributed by atoms with Crippen molar-refractivity contribution in [2.75, 3.05) is 19.6 Å². The molecule has 6 heteroatoms. The smallest absolute Gasteiger partial charge is 0.255 e. The van der Waals surface area contributed by atoms with Gasteiger partial charge in [0.2, 0.25) is 5.91 Å². The first-order valence-electron chi connectivity index (χ1n) is 8.64. The number of rotatable bonds is 7. The first-order valence-corrected chi connectivity index (χ1v) is 9.02. The molecule has 136 valence electrons. The van der Waals surface area contributed by atoms with Crippen LogP contribution in [0.2, 0.25) is 5.02 Å². The van der Waals surface area contributed by atoms with Crippen molar-refractivity contribution in [2.45, 2.75) is 39.0 Å². The molecule has 25 heavy (non-hydrogen) atoms. The van der Waals surface area contributed by atoms with E-state index in [-0.39, 0.29) is 23.0 Å². The molecule has 1 aromatic rings. The third kappa shape index (κ3) is 5.85. The average molecular weight is 367 g/mol. The van der Waals surface area contributed by atoms with Crippen LogP contribution < -0.4 is 5.32 Å². The molecule has 0 aliphatic heterocycles. The molecular formula is C19H24ClFN2O2. The van der Waals surface area contributed by atoms with Crippen LogP contribution in [0.15, 0.2) is 29.8 Å². The van der Waals surface area contributed by atoms with Gasteiger partial charge in [0.05, 0.1) is 10.6 Å². The van der Waals surface area contributed by atoms with Gasteiger partial charge in [-0.2, -0.15) is 0 Å². The number of allylic oxidation sites excluding steroid dienone is 1. The van der Waals surface area contributed by atoms with Gasteiger partial charge in [-0.15, -0.1) is 0 Å². The molecule has 0 radical (unpaired) electrons. The zero-order valence-corrected chi connectivity index (χ0v) is 15.2. The Labute approximate surface area is 153 Å². The highest BCUT2D eigenvalue weighted by Gasteiger charge is 2.16. The van der Waals surface area contributed by atoms with Gasteiger partial charge in [0, 0.05) is 26.6 Å². The second kappa shape index (κ2) is 9.56. The fourth-order valence-electron chi connectivity index (χ4n) is 2.94. The van der Waals surface area contributed by atoms with Crippen LogP contribution in [0.1, 0.15) is 49.4 Å². The monoisotopic (exact) mass is 366 g/mol. The summed E-state index contributed by atoms with van der Waals surface area (Å²) >= 11 is 5.88. The van der Waals surface area contributed by atoms with Crippen molar-refractivity contribution < 1.29 is 14.0 Å². The maximum Gasteiger partial charge on any atom is 0.255 e. The summed E-state index contributed by atoms with van der Waals surface area (Å²) in [5, 5.41) is 2.71. The van der Waals surface area contributed by atoms with Crippen molar-refractivity contribution in [3.8, 4) is 0 Å². The van der Waals surface area contributed by atoms with Gasteiger partial charge in [-0.3, -0.25) is 9.59 Å². The zero-order chi connectivity index (χ0) is 18.2. The summed E-state index contributed by atoms with van der Waals surface area (Å²) in [4.78, 5) is 25.6. The van der Waals surface area contributed by atoms with E-state index >= 15 is 0 Å². The van der Waals surface area contributed by atoms with E-state index in [1.807, 2.05) is 0 Å². The highest BCUT2D eigenvalue weighted by Crippen LogP contribution is 2.20. The molecule has 0 atom stereocenters. The summed E-state index contributed by atoms with van der Waals surface area (Å²) in [6.45, 7) is 2.80. The van der Waals surface area contributed by atoms with E-state index in [2.05, 4.69) is 11.4 Å². The fraction of sp³-hybridized carbons (Fsp3) is 0.474. The molecule has 0 fully saturated rings. The number of nitrogens with one attached hydrogen (secondary N) is 1. The van der Waals surface area contributed by atoms with E-state index in [0.29, 0.717) is 13.1 Å². The summed E-state index contributed by atoms with van der Waals surface area (Å²) in [7, 11) is 0. The van der Waals surface area contributed by atoms with Crippen LogP contribution in [0.5, 0.6) is 0 Å². The summed E-state index contributed by atoms with van der Waals surface area (Å²) < 4.78 is 13.7. The largest absolute Gasteiger partial charge is 0.350 e. The molecule has 4 nitrogen and oxygen atoms in total. The number of hydrogen-bond donors (Lipinski definition) is 1. The molecule has 1 aromatic carbocycles. The SMILES string of the molecule is CC(=O)N(CCNC(=O)c1c(F)cccc1Cl)CCC1=CCCCC1. The number of amides is 2. The van der Waals surface area contributed by atoms with E-state index in [4.69, 9.17) is 11.6 Å². The van der Waals surface area contributed by atoms with Crippen LogP contribution >= 0.6 is 11.6 Å². The number of nitrogens with zero attached hydrogens (tertiary/aromatic N) is 1. The molecule has 0 heterocycles. The van der Waals surface area contributed by atoms with Crippen molar-refractivity contribution in [2.24, 2.45) is 0 Å². The van der Waals surface area contributed by atoms with Crippen molar-refractivity contribution in [1.29, 1.82) is 0 Å². The number of halogens is 2. The number of carbonyl (C=O) groups is 2. The average Bonchev–Trinajstić information content (AvgIpc) is 2.58. The van der Waals surface area contributed by atoms with Crippen LogP contribution in [0.25, 0.3) is 0 Å². The second-order valence-corrected chi connectivity index (χ2v) is 6.62. The highest BCUT2D eigenvalue weighted by molar-refractivity contribution is 6.33. The van der Waals surface area contributed by atoms with Crippen molar-refractivity contribution in [3.63, 3.8) is 0 Å². The Morgan fingerprint density at radius 2 is 2.08 bits per heavy atom. The zero-order valence-electron chi connectivity index (χ0n) is 14.5. The van der Waals surface area contributed by atoms with Crippen molar-refractivity contribution >= 4 is 23.4 Å². The Balaban J connectivity index is 1.83. The number of hydrogen-bond acceptors (Lipinski definition) is 2. The lowest BCUT2D eigenvalue weighted by Crippen LogP contribution is -2.38. The third-order valence-electron chi connectivity index (χ3n) is 4.39. The maximum atomic E-state index is 13.7. The molecule has 0 saturated heterocycles. The summed E-state index contributed by atoms with van der Waals surface area (Å²) in [6.07, 6.45) is 7.81. The van der Waals surface area contributed by atoms with Gasteiger partial charge >= 0.3 is 0 Å². The van der Waals surface area contributed by atoms with Crippen molar-refractivity contribution in [3.05, 3.63) is 46.3 Å². The van der Waals surface area contributed by atoms with Gasteiger partial charge < -0.3 is 10.2 Å². The lowest BCUT2D eigenvalue weighted by Gasteiger charge is -2.23. The first kappa shape index (κ1) is 19.4. The Kier molecular flexibility index (Phi) is 7.44. The maximum absolute atomic E-state index is 13.7. The van der Waals surface area contributed by atoms with Crippen LogP contribution in [-0.4, -0.2) is 36.3 Å². The van der Waals surface area contributed by atoms with Gasteiger partial charge in [-0.1, -0.05) is 29.3 Å². The van der Waals surface area contributed by atoms with E-state index in [9.17, 15) is 14.0 Å². The molecule has 0 saturated carbocycles. The lowest BCUT2D eigenvalue weighted by atomic mass is 9.97. The molecule has 0 bridgehead atoms.